The van der Waals surface area contributed by atoms with Gasteiger partial charge in [0.2, 0.25) is 11.5 Å². The summed E-state index contributed by atoms with van der Waals surface area (Å²) in [6, 6.07) is 0. The Morgan fingerprint density at radius 3 is 1.85 bits per heavy atom. The van der Waals surface area contributed by atoms with E-state index in [-0.39, 0.29) is 28.9 Å². The third-order valence-corrected chi connectivity index (χ3v) is 5.36. The van der Waals surface area contributed by atoms with Gasteiger partial charge in [0.05, 0.1) is 6.61 Å². The Kier molecular flexibility index (Phi) is 3.61. The van der Waals surface area contributed by atoms with Crippen molar-refractivity contribution in [3.05, 3.63) is 33.4 Å². The van der Waals surface area contributed by atoms with Gasteiger partial charge in [0.25, 0.3) is 0 Å². The van der Waals surface area contributed by atoms with Crippen molar-refractivity contribution in [3.63, 3.8) is 0 Å². The lowest BCUT2D eigenvalue weighted by Crippen LogP contribution is -2.11. The minimum absolute atomic E-state index is 0.0116. The van der Waals surface area contributed by atoms with E-state index in [2.05, 4.69) is 0 Å². The molecule has 2 aliphatic rings. The number of aliphatic hydroxyl groups is 1. The highest BCUT2D eigenvalue weighted by molar-refractivity contribution is 5.66. The summed E-state index contributed by atoms with van der Waals surface area (Å²) in [5.41, 5.74) is 1.14. The van der Waals surface area contributed by atoms with E-state index in [4.69, 9.17) is 9.47 Å². The van der Waals surface area contributed by atoms with Gasteiger partial charge >= 0.3 is 0 Å². The summed E-state index contributed by atoms with van der Waals surface area (Å²) in [7, 11) is 0. The van der Waals surface area contributed by atoms with Gasteiger partial charge in [0.15, 0.2) is 29.3 Å². The van der Waals surface area contributed by atoms with E-state index >= 15 is 0 Å². The van der Waals surface area contributed by atoms with Gasteiger partial charge < -0.3 is 45.2 Å². The van der Waals surface area contributed by atoms with Crippen molar-refractivity contribution in [2.75, 3.05) is 0 Å². The van der Waals surface area contributed by atoms with E-state index in [1.54, 1.807) is 6.92 Å². The lowest BCUT2D eigenvalue weighted by Gasteiger charge is -2.22. The van der Waals surface area contributed by atoms with E-state index in [0.717, 1.165) is 0 Å². The summed E-state index contributed by atoms with van der Waals surface area (Å²) in [4.78, 5) is 0. The van der Waals surface area contributed by atoms with E-state index in [1.165, 1.54) is 6.92 Å². The number of aromatic hydroxyl groups is 6. The number of hydrogen-bond donors (Lipinski definition) is 7. The standard InChI is InChI=1S/C18H18O9/c1-4-6-3-26-16(8(6)12(21)14(23)10(4)19)17-9-7(18(25)27-17)5(2)11(20)15(24)13(9)22/h16-25H,3H2,1-2H3/t16-,17+,18+/m1/s1. The van der Waals surface area contributed by atoms with Crippen LogP contribution in [0.1, 0.15) is 51.9 Å². The zero-order chi connectivity index (χ0) is 19.8. The topological polar surface area (TPSA) is 160 Å². The van der Waals surface area contributed by atoms with E-state index in [9.17, 15) is 35.7 Å². The number of phenolic OH excluding ortho intramolecular Hbond substituents is 6. The zero-order valence-electron chi connectivity index (χ0n) is 14.4. The zero-order valence-corrected chi connectivity index (χ0v) is 14.4. The van der Waals surface area contributed by atoms with Crippen LogP contribution in [0.25, 0.3) is 0 Å². The first-order valence-electron chi connectivity index (χ1n) is 8.15. The molecule has 9 nitrogen and oxygen atoms in total. The molecule has 2 aromatic rings. The molecule has 27 heavy (non-hydrogen) atoms. The highest BCUT2D eigenvalue weighted by Crippen LogP contribution is 2.60. The quantitative estimate of drug-likeness (QED) is 0.367. The Balaban J connectivity index is 1.92. The molecule has 0 amide bonds. The molecule has 0 radical (unpaired) electrons. The van der Waals surface area contributed by atoms with Gasteiger partial charge in [-0.05, 0) is 19.4 Å². The maximum Gasteiger partial charge on any atom is 0.200 e. The number of aliphatic hydroxyl groups excluding tert-OH is 1. The van der Waals surface area contributed by atoms with Gasteiger partial charge in [-0.2, -0.15) is 0 Å². The molecule has 3 atom stereocenters. The molecule has 0 bridgehead atoms. The molecule has 144 valence electrons. The number of ether oxygens (including phenoxy) is 2. The number of hydrogen-bond acceptors (Lipinski definition) is 9. The minimum atomic E-state index is -1.51. The fourth-order valence-corrected chi connectivity index (χ4v) is 3.87. The van der Waals surface area contributed by atoms with Crippen molar-refractivity contribution < 1.29 is 45.2 Å². The second-order valence-electron chi connectivity index (χ2n) is 6.70. The number of phenols is 6. The molecule has 4 rings (SSSR count). The van der Waals surface area contributed by atoms with Gasteiger partial charge in [-0.25, -0.2) is 0 Å². The minimum Gasteiger partial charge on any atom is -0.504 e. The first-order chi connectivity index (χ1) is 12.7. The van der Waals surface area contributed by atoms with Crippen molar-refractivity contribution in [1.82, 2.24) is 0 Å². The first-order valence-corrected chi connectivity index (χ1v) is 8.15. The molecule has 2 aliphatic heterocycles. The third-order valence-electron chi connectivity index (χ3n) is 5.36. The molecule has 0 saturated carbocycles. The van der Waals surface area contributed by atoms with Gasteiger partial charge in [-0.3, -0.25) is 0 Å². The highest BCUT2D eigenvalue weighted by atomic mass is 16.6. The fourth-order valence-electron chi connectivity index (χ4n) is 3.87. The van der Waals surface area contributed by atoms with E-state index < -0.39 is 53.0 Å². The number of benzene rings is 2. The largest absolute Gasteiger partial charge is 0.504 e. The lowest BCUT2D eigenvalue weighted by molar-refractivity contribution is -0.161. The number of rotatable bonds is 1. The van der Waals surface area contributed by atoms with Crippen LogP contribution in [0.4, 0.5) is 0 Å². The van der Waals surface area contributed by atoms with Crippen LogP contribution in [-0.4, -0.2) is 35.7 Å². The Labute approximate surface area is 152 Å². The number of fused-ring (bicyclic) bond motifs is 2. The SMILES string of the molecule is Cc1c(O)c(O)c(O)c2c1CO[C@H]2[C@H]1O[C@H](O)c2c(C)c(O)c(O)c(O)c21. The van der Waals surface area contributed by atoms with Crippen molar-refractivity contribution in [2.24, 2.45) is 0 Å². The molecule has 0 aromatic heterocycles. The lowest BCUT2D eigenvalue weighted by atomic mass is 9.90. The second kappa shape index (κ2) is 5.56. The molecule has 0 saturated heterocycles. The van der Waals surface area contributed by atoms with Gasteiger partial charge in [-0.15, -0.1) is 0 Å². The summed E-state index contributed by atoms with van der Waals surface area (Å²) in [6.07, 6.45) is -3.70. The smallest absolute Gasteiger partial charge is 0.200 e. The predicted octanol–water partition coefficient (Wildman–Crippen LogP) is 1.87. The maximum absolute atomic E-state index is 10.3. The summed E-state index contributed by atoms with van der Waals surface area (Å²) >= 11 is 0. The maximum atomic E-state index is 10.3. The second-order valence-corrected chi connectivity index (χ2v) is 6.70. The van der Waals surface area contributed by atoms with Crippen LogP contribution in [0.5, 0.6) is 34.5 Å². The van der Waals surface area contributed by atoms with Crippen LogP contribution >= 0.6 is 0 Å². The van der Waals surface area contributed by atoms with E-state index in [0.29, 0.717) is 11.1 Å². The van der Waals surface area contributed by atoms with Crippen LogP contribution in [-0.2, 0) is 16.1 Å². The average Bonchev–Trinajstić information content (AvgIpc) is 3.22. The normalized spacial score (nSPS) is 23.4. The van der Waals surface area contributed by atoms with Gasteiger partial charge in [0.1, 0.15) is 12.2 Å². The summed E-state index contributed by atoms with van der Waals surface area (Å²) in [6.45, 7) is 2.97. The molecule has 7 N–H and O–H groups in total. The molecule has 2 heterocycles. The summed E-state index contributed by atoms with van der Waals surface area (Å²) < 4.78 is 11.2. The first kappa shape index (κ1) is 17.5. The van der Waals surface area contributed by atoms with Crippen LogP contribution in [0.15, 0.2) is 0 Å². The molecule has 0 aliphatic carbocycles. The Morgan fingerprint density at radius 1 is 0.667 bits per heavy atom. The fraction of sp³-hybridized carbons (Fsp3) is 0.333. The predicted molar refractivity (Wildman–Crippen MR) is 88.7 cm³/mol. The van der Waals surface area contributed by atoms with Gasteiger partial charge in [-0.1, -0.05) is 0 Å². The molecule has 0 spiro atoms. The van der Waals surface area contributed by atoms with Crippen LogP contribution in [0.2, 0.25) is 0 Å². The Hall–Kier alpha value is -2.88. The average molecular weight is 378 g/mol. The van der Waals surface area contributed by atoms with Crippen molar-refractivity contribution in [3.8, 4) is 34.5 Å². The van der Waals surface area contributed by atoms with Crippen LogP contribution in [0, 0.1) is 13.8 Å². The van der Waals surface area contributed by atoms with Crippen molar-refractivity contribution in [2.45, 2.75) is 39.0 Å². The van der Waals surface area contributed by atoms with Crippen molar-refractivity contribution in [1.29, 1.82) is 0 Å². The third kappa shape index (κ3) is 2.10. The monoisotopic (exact) mass is 378 g/mol. The summed E-state index contributed by atoms with van der Waals surface area (Å²) in [5.74, 6) is -3.80. The Morgan fingerprint density at radius 2 is 1.22 bits per heavy atom. The highest BCUT2D eigenvalue weighted by Gasteiger charge is 2.47. The molecule has 0 unspecified atom stereocenters. The summed E-state index contributed by atoms with van der Waals surface area (Å²) in [5, 5.41) is 70.7. The molecular formula is C18H18O9. The van der Waals surface area contributed by atoms with E-state index in [1.807, 2.05) is 0 Å². The molecule has 0 fully saturated rings. The molecule has 2 aromatic carbocycles. The Bertz CT molecular complexity index is 982. The molecule has 9 heteroatoms. The van der Waals surface area contributed by atoms with Crippen LogP contribution in [0.3, 0.4) is 0 Å². The van der Waals surface area contributed by atoms with Crippen LogP contribution < -0.4 is 0 Å². The van der Waals surface area contributed by atoms with Crippen molar-refractivity contribution >= 4 is 0 Å². The molecular weight excluding hydrogens is 360 g/mol. The van der Waals surface area contributed by atoms with Gasteiger partial charge in [0, 0.05) is 27.8 Å².